The number of ether oxygens (including phenoxy) is 2. The van der Waals surface area contributed by atoms with Crippen LogP contribution in [0, 0.1) is 0 Å². The number of carbonyl (C=O) groups excluding carboxylic acids is 2. The van der Waals surface area contributed by atoms with Gasteiger partial charge in [-0.2, -0.15) is 0 Å². The van der Waals surface area contributed by atoms with E-state index in [-0.39, 0.29) is 19.4 Å². The van der Waals surface area contributed by atoms with E-state index in [1.54, 1.807) is 0 Å². The van der Waals surface area contributed by atoms with Crippen molar-refractivity contribution in [3.8, 4) is 0 Å². The summed E-state index contributed by atoms with van der Waals surface area (Å²) >= 11 is 0. The monoisotopic (exact) mass is 789 g/mol. The summed E-state index contributed by atoms with van der Waals surface area (Å²) in [6.45, 7) is 3.74. The first kappa shape index (κ1) is 53.0. The van der Waals surface area contributed by atoms with Crippen molar-refractivity contribution in [2.45, 2.75) is 264 Å². The fraction of sp³-hybridized carbons (Fsp3) is 0.956. The molecular weight excluding hydrogens is 699 g/mol. The molecule has 0 aromatic rings. The van der Waals surface area contributed by atoms with Crippen molar-refractivity contribution in [3.63, 3.8) is 0 Å². The van der Waals surface area contributed by atoms with Crippen LogP contribution in [0.3, 0.4) is 0 Å². The molecule has 0 spiro atoms. The van der Waals surface area contributed by atoms with Gasteiger partial charge < -0.3 is 19.3 Å². The Morgan fingerprint density at radius 1 is 0.407 bits per heavy atom. The molecule has 0 aliphatic heterocycles. The summed E-state index contributed by atoms with van der Waals surface area (Å²) in [7, 11) is -4.75. The van der Waals surface area contributed by atoms with Crippen molar-refractivity contribution in [1.29, 1.82) is 0 Å². The van der Waals surface area contributed by atoms with Crippen LogP contribution in [-0.4, -0.2) is 41.0 Å². The van der Waals surface area contributed by atoms with E-state index in [9.17, 15) is 14.2 Å². The van der Waals surface area contributed by atoms with Crippen LogP contribution in [-0.2, 0) is 28.2 Å². The maximum atomic E-state index is 12.4. The number of hydrogen-bond donors (Lipinski definition) is 2. The summed E-state index contributed by atoms with van der Waals surface area (Å²) in [6, 6.07) is 0. The van der Waals surface area contributed by atoms with E-state index in [2.05, 4.69) is 18.4 Å². The number of hydrogen-bond acceptors (Lipinski definition) is 6. The zero-order valence-corrected chi connectivity index (χ0v) is 36.5. The molecule has 9 heteroatoms. The molecule has 322 valence electrons. The third-order valence-electron chi connectivity index (χ3n) is 10.6. The summed E-state index contributed by atoms with van der Waals surface area (Å²) < 4.78 is 26.5. The first-order valence-electron chi connectivity index (χ1n) is 23.3. The molecule has 0 aromatic heterocycles. The molecule has 0 fully saturated rings. The molecule has 0 rings (SSSR count). The zero-order chi connectivity index (χ0) is 39.6. The fourth-order valence-electron chi connectivity index (χ4n) is 7.14. The maximum Gasteiger partial charge on any atom is 0.469 e. The van der Waals surface area contributed by atoms with Gasteiger partial charge in [0, 0.05) is 12.8 Å². The molecule has 54 heavy (non-hydrogen) atoms. The molecule has 0 aromatic carbocycles. The molecule has 0 aliphatic carbocycles. The Labute approximate surface area is 334 Å². The molecule has 0 unspecified atom stereocenters. The van der Waals surface area contributed by atoms with E-state index in [0.29, 0.717) is 6.42 Å². The van der Waals surface area contributed by atoms with E-state index in [4.69, 9.17) is 19.3 Å². The van der Waals surface area contributed by atoms with Crippen LogP contribution in [0.2, 0.25) is 0 Å². The van der Waals surface area contributed by atoms with E-state index in [1.807, 2.05) is 0 Å². The predicted octanol–water partition coefficient (Wildman–Crippen LogP) is 14.4. The summed E-state index contributed by atoms with van der Waals surface area (Å²) in [6.07, 6.45) is 45.4. The molecule has 0 saturated heterocycles. The second kappa shape index (κ2) is 41.7. The highest BCUT2D eigenvalue weighted by Crippen LogP contribution is 2.36. The first-order valence-corrected chi connectivity index (χ1v) is 24.9. The average Bonchev–Trinajstić information content (AvgIpc) is 3.14. The van der Waals surface area contributed by atoms with Crippen molar-refractivity contribution in [2.24, 2.45) is 0 Å². The average molecular weight is 789 g/mol. The molecular formula is C45H89O8P. The Balaban J connectivity index is 3.80. The lowest BCUT2D eigenvalue weighted by Crippen LogP contribution is -2.29. The van der Waals surface area contributed by atoms with Crippen molar-refractivity contribution in [2.75, 3.05) is 13.2 Å². The Hall–Kier alpha value is -0.950. The zero-order valence-electron chi connectivity index (χ0n) is 35.7. The maximum absolute atomic E-state index is 12.4. The summed E-state index contributed by atoms with van der Waals surface area (Å²) in [5.74, 6) is -0.863. The summed E-state index contributed by atoms with van der Waals surface area (Å²) in [5.41, 5.74) is 0. The molecule has 0 radical (unpaired) electrons. The van der Waals surface area contributed by atoms with Gasteiger partial charge in [0.15, 0.2) is 6.10 Å². The van der Waals surface area contributed by atoms with Gasteiger partial charge in [-0.1, -0.05) is 232 Å². The summed E-state index contributed by atoms with van der Waals surface area (Å²) in [5, 5.41) is 0. The van der Waals surface area contributed by atoms with Crippen molar-refractivity contribution in [1.82, 2.24) is 0 Å². The van der Waals surface area contributed by atoms with Gasteiger partial charge in [0.05, 0.1) is 6.61 Å². The van der Waals surface area contributed by atoms with Crippen LogP contribution in [0.25, 0.3) is 0 Å². The fourth-order valence-corrected chi connectivity index (χ4v) is 7.50. The van der Waals surface area contributed by atoms with Gasteiger partial charge in [-0.15, -0.1) is 0 Å². The van der Waals surface area contributed by atoms with Crippen molar-refractivity contribution < 1.29 is 37.9 Å². The van der Waals surface area contributed by atoms with Gasteiger partial charge in [0.25, 0.3) is 0 Å². The number of phosphoric ester groups is 1. The predicted molar refractivity (Wildman–Crippen MR) is 226 cm³/mol. The Bertz CT molecular complexity index is 848. The minimum atomic E-state index is -4.75. The molecule has 2 N–H and O–H groups in total. The third kappa shape index (κ3) is 43.8. The number of rotatable bonds is 44. The minimum absolute atomic E-state index is 0.221. The molecule has 0 heterocycles. The normalized spacial score (nSPS) is 12.3. The lowest BCUT2D eigenvalue weighted by atomic mass is 10.0. The smallest absolute Gasteiger partial charge is 0.462 e. The van der Waals surface area contributed by atoms with E-state index in [0.717, 1.165) is 32.1 Å². The van der Waals surface area contributed by atoms with E-state index < -0.39 is 32.5 Å². The van der Waals surface area contributed by atoms with Gasteiger partial charge in [-0.25, -0.2) is 4.57 Å². The molecule has 0 bridgehead atoms. The molecule has 1 atom stereocenters. The van der Waals surface area contributed by atoms with Gasteiger partial charge in [0.2, 0.25) is 0 Å². The highest BCUT2D eigenvalue weighted by atomic mass is 31.2. The SMILES string of the molecule is CCCCCCCCCCCCCCCCCCCCC(=O)OC[C@H](COP(=O)(O)O)OC(=O)CCCCCCCCCCCCCCCCCCCC. The second-order valence-corrected chi connectivity index (χ2v) is 17.3. The largest absolute Gasteiger partial charge is 0.469 e. The quantitative estimate of drug-likeness (QED) is 0.0356. The molecule has 0 aliphatic rings. The van der Waals surface area contributed by atoms with Crippen LogP contribution in [0.1, 0.15) is 258 Å². The highest BCUT2D eigenvalue weighted by molar-refractivity contribution is 7.46. The molecule has 8 nitrogen and oxygen atoms in total. The lowest BCUT2D eigenvalue weighted by molar-refractivity contribution is -0.161. The standard InChI is InChI=1S/C45H89O8P/c1-3-5-7-9-11-13-15-17-19-21-23-25-27-29-31-33-35-37-39-44(46)51-41-43(42-52-54(48,49)50)53-45(47)40-38-36-34-32-30-28-26-24-22-20-18-16-14-12-10-8-6-4-2/h43H,3-42H2,1-2H3,(H2,48,49,50)/t43-/m1/s1. The van der Waals surface area contributed by atoms with Crippen LogP contribution in [0.4, 0.5) is 0 Å². The van der Waals surface area contributed by atoms with Crippen molar-refractivity contribution >= 4 is 19.8 Å². The van der Waals surface area contributed by atoms with Crippen LogP contribution in [0.5, 0.6) is 0 Å². The van der Waals surface area contributed by atoms with E-state index >= 15 is 0 Å². The Morgan fingerprint density at radius 2 is 0.667 bits per heavy atom. The van der Waals surface area contributed by atoms with Gasteiger partial charge in [0.1, 0.15) is 6.61 Å². The first-order chi connectivity index (χ1) is 26.3. The number of esters is 2. The number of carbonyl (C=O) groups is 2. The van der Waals surface area contributed by atoms with Gasteiger partial charge in [-0.3, -0.25) is 14.1 Å². The van der Waals surface area contributed by atoms with Crippen LogP contribution in [0.15, 0.2) is 0 Å². The topological polar surface area (TPSA) is 119 Å². The number of phosphoric acid groups is 1. The van der Waals surface area contributed by atoms with Gasteiger partial charge in [-0.05, 0) is 12.8 Å². The van der Waals surface area contributed by atoms with Crippen molar-refractivity contribution in [3.05, 3.63) is 0 Å². The van der Waals surface area contributed by atoms with E-state index in [1.165, 1.54) is 193 Å². The summed E-state index contributed by atoms with van der Waals surface area (Å²) in [4.78, 5) is 43.0. The minimum Gasteiger partial charge on any atom is -0.462 e. The highest BCUT2D eigenvalue weighted by Gasteiger charge is 2.23. The second-order valence-electron chi connectivity index (χ2n) is 16.1. The van der Waals surface area contributed by atoms with Crippen LogP contribution >= 0.6 is 7.82 Å². The molecule has 0 amide bonds. The number of unbranched alkanes of at least 4 members (excludes halogenated alkanes) is 34. The Kier molecular flexibility index (Phi) is 40.9. The van der Waals surface area contributed by atoms with Gasteiger partial charge >= 0.3 is 19.8 Å². The third-order valence-corrected chi connectivity index (χ3v) is 11.1. The lowest BCUT2D eigenvalue weighted by Gasteiger charge is -2.18. The van der Waals surface area contributed by atoms with Crippen LogP contribution < -0.4 is 0 Å². The Morgan fingerprint density at radius 3 is 0.944 bits per heavy atom. The molecule has 0 saturated carbocycles.